The van der Waals surface area contributed by atoms with Crippen LogP contribution in [0.2, 0.25) is 0 Å². The number of carbonyl (C=O) groups excluding carboxylic acids is 1. The first kappa shape index (κ1) is 8.74. The van der Waals surface area contributed by atoms with Gasteiger partial charge in [-0.05, 0) is 0 Å². The molecule has 0 radical (unpaired) electrons. The van der Waals surface area contributed by atoms with Gasteiger partial charge in [0.05, 0.1) is 25.1 Å². The maximum absolute atomic E-state index is 11.4. The quantitative estimate of drug-likeness (QED) is 0.691. The molecule has 1 aromatic heterocycles. The van der Waals surface area contributed by atoms with Gasteiger partial charge in [0.1, 0.15) is 5.82 Å². The maximum Gasteiger partial charge on any atom is 0.304 e. The monoisotopic (exact) mass is 195 g/mol. The van der Waals surface area contributed by atoms with Gasteiger partial charge in [-0.1, -0.05) is 0 Å². The van der Waals surface area contributed by atoms with Gasteiger partial charge in [-0.25, -0.2) is 4.68 Å². The normalized spacial score (nSPS) is 20.0. The van der Waals surface area contributed by atoms with Gasteiger partial charge in [0.2, 0.25) is 5.91 Å². The third-order valence-electron chi connectivity index (χ3n) is 2.15. The molecule has 1 aromatic rings. The summed E-state index contributed by atoms with van der Waals surface area (Å²) in [6, 6.07) is 1.68. The van der Waals surface area contributed by atoms with Gasteiger partial charge in [0, 0.05) is 6.07 Å². The van der Waals surface area contributed by atoms with Crippen molar-refractivity contribution in [3.63, 3.8) is 0 Å². The Labute approximate surface area is 79.5 Å². The topological polar surface area (TPSA) is 84.2 Å². The van der Waals surface area contributed by atoms with Crippen molar-refractivity contribution in [2.24, 2.45) is 5.92 Å². The van der Waals surface area contributed by atoms with Gasteiger partial charge in [-0.2, -0.15) is 5.10 Å². The van der Waals surface area contributed by atoms with Crippen LogP contribution in [-0.2, 0) is 16.1 Å². The molecule has 1 amide bonds. The lowest BCUT2D eigenvalue weighted by atomic mass is 10.0. The summed E-state index contributed by atoms with van der Waals surface area (Å²) in [6.07, 6.45) is 1.41. The first-order valence-electron chi connectivity index (χ1n) is 4.21. The molecule has 1 unspecified atom stereocenters. The number of aliphatic carboxylic acids is 1. The Balaban J connectivity index is 2.17. The van der Waals surface area contributed by atoms with Crippen molar-refractivity contribution in [2.45, 2.75) is 13.0 Å². The zero-order valence-electron chi connectivity index (χ0n) is 7.30. The van der Waals surface area contributed by atoms with E-state index in [2.05, 4.69) is 10.4 Å². The molecule has 2 N–H and O–H groups in total. The van der Waals surface area contributed by atoms with Crippen LogP contribution >= 0.6 is 0 Å². The number of rotatable bonds is 2. The molecule has 6 heteroatoms. The van der Waals surface area contributed by atoms with Crippen molar-refractivity contribution in [2.75, 3.05) is 5.32 Å². The summed E-state index contributed by atoms with van der Waals surface area (Å²) in [5.74, 6) is -1.13. The van der Waals surface area contributed by atoms with E-state index in [-0.39, 0.29) is 12.3 Å². The van der Waals surface area contributed by atoms with E-state index in [1.165, 1.54) is 0 Å². The number of fused-ring (bicyclic) bond motifs is 1. The highest BCUT2D eigenvalue weighted by atomic mass is 16.4. The predicted molar refractivity (Wildman–Crippen MR) is 46.6 cm³/mol. The number of hydrogen-bond donors (Lipinski definition) is 2. The van der Waals surface area contributed by atoms with Crippen LogP contribution in [0.5, 0.6) is 0 Å². The molecule has 2 heterocycles. The van der Waals surface area contributed by atoms with Crippen molar-refractivity contribution >= 4 is 17.7 Å². The number of carbonyl (C=O) groups is 2. The average Bonchev–Trinajstić information content (AvgIpc) is 2.51. The van der Waals surface area contributed by atoms with Gasteiger partial charge in [-0.15, -0.1) is 0 Å². The summed E-state index contributed by atoms with van der Waals surface area (Å²) < 4.78 is 1.59. The van der Waals surface area contributed by atoms with E-state index in [1.54, 1.807) is 16.9 Å². The van der Waals surface area contributed by atoms with Crippen LogP contribution in [0.4, 0.5) is 5.82 Å². The Bertz CT molecular complexity index is 385. The Hall–Kier alpha value is -1.85. The molecule has 1 atom stereocenters. The first-order chi connectivity index (χ1) is 6.66. The molecule has 0 bridgehead atoms. The molecule has 14 heavy (non-hydrogen) atoms. The Kier molecular flexibility index (Phi) is 1.95. The Morgan fingerprint density at radius 2 is 2.57 bits per heavy atom. The average molecular weight is 195 g/mol. The van der Waals surface area contributed by atoms with Crippen LogP contribution in [0.1, 0.15) is 6.42 Å². The van der Waals surface area contributed by atoms with E-state index in [9.17, 15) is 9.59 Å². The van der Waals surface area contributed by atoms with Crippen molar-refractivity contribution in [1.82, 2.24) is 9.78 Å². The second kappa shape index (κ2) is 3.13. The van der Waals surface area contributed by atoms with Crippen molar-refractivity contribution in [1.29, 1.82) is 0 Å². The van der Waals surface area contributed by atoms with Gasteiger partial charge in [0.25, 0.3) is 0 Å². The molecule has 0 aromatic carbocycles. The number of aromatic nitrogens is 2. The number of nitrogens with zero attached hydrogens (tertiary/aromatic N) is 2. The lowest BCUT2D eigenvalue weighted by Crippen LogP contribution is -2.34. The molecule has 2 rings (SSSR count). The lowest BCUT2D eigenvalue weighted by Gasteiger charge is -2.21. The number of amides is 1. The summed E-state index contributed by atoms with van der Waals surface area (Å²) in [7, 11) is 0. The number of carboxylic acids is 1. The molecule has 1 aliphatic heterocycles. The molecule has 0 saturated heterocycles. The highest BCUT2D eigenvalue weighted by Gasteiger charge is 2.28. The van der Waals surface area contributed by atoms with Crippen LogP contribution in [-0.4, -0.2) is 26.8 Å². The highest BCUT2D eigenvalue weighted by Crippen LogP contribution is 2.19. The van der Waals surface area contributed by atoms with Crippen LogP contribution in [0.25, 0.3) is 0 Å². The standard InChI is InChI=1S/C8H9N3O3/c12-7(13)3-5-4-11-6(1-2-9-11)10-8(5)14/h1-2,5H,3-4H2,(H,10,14)(H,12,13). The van der Waals surface area contributed by atoms with E-state index >= 15 is 0 Å². The van der Waals surface area contributed by atoms with Crippen molar-refractivity contribution < 1.29 is 14.7 Å². The van der Waals surface area contributed by atoms with Gasteiger partial charge >= 0.3 is 5.97 Å². The van der Waals surface area contributed by atoms with E-state index in [4.69, 9.17) is 5.11 Å². The smallest absolute Gasteiger partial charge is 0.304 e. The van der Waals surface area contributed by atoms with Crippen LogP contribution < -0.4 is 5.32 Å². The summed E-state index contributed by atoms with van der Waals surface area (Å²) in [5, 5.41) is 15.1. The summed E-state index contributed by atoms with van der Waals surface area (Å²) in [4.78, 5) is 21.8. The van der Waals surface area contributed by atoms with E-state index < -0.39 is 11.9 Å². The molecule has 0 aliphatic carbocycles. The fraction of sp³-hybridized carbons (Fsp3) is 0.375. The molecule has 0 fully saturated rings. The van der Waals surface area contributed by atoms with E-state index in [0.29, 0.717) is 12.4 Å². The molecule has 0 saturated carbocycles. The molecule has 74 valence electrons. The summed E-state index contributed by atoms with van der Waals surface area (Å²) in [6.45, 7) is 0.334. The van der Waals surface area contributed by atoms with Crippen LogP contribution in [0.3, 0.4) is 0 Å². The first-order valence-corrected chi connectivity index (χ1v) is 4.21. The minimum atomic E-state index is -0.972. The van der Waals surface area contributed by atoms with Crippen LogP contribution in [0.15, 0.2) is 12.3 Å². The third kappa shape index (κ3) is 1.46. The van der Waals surface area contributed by atoms with Gasteiger partial charge < -0.3 is 10.4 Å². The van der Waals surface area contributed by atoms with Gasteiger partial charge in [-0.3, -0.25) is 9.59 Å². The molecule has 0 spiro atoms. The Morgan fingerprint density at radius 1 is 1.79 bits per heavy atom. The SMILES string of the molecule is O=C(O)CC1Cn2nccc2NC1=O. The van der Waals surface area contributed by atoms with Gasteiger partial charge in [0.15, 0.2) is 0 Å². The number of carboxylic acid groups (broad SMARTS) is 1. The number of anilines is 1. The van der Waals surface area contributed by atoms with E-state index in [1.807, 2.05) is 0 Å². The second-order valence-corrected chi connectivity index (χ2v) is 3.18. The zero-order valence-corrected chi connectivity index (χ0v) is 7.30. The highest BCUT2D eigenvalue weighted by molar-refractivity contribution is 5.94. The fourth-order valence-corrected chi connectivity index (χ4v) is 1.47. The van der Waals surface area contributed by atoms with Crippen molar-refractivity contribution in [3.8, 4) is 0 Å². The molecular formula is C8H9N3O3. The van der Waals surface area contributed by atoms with E-state index in [0.717, 1.165) is 0 Å². The third-order valence-corrected chi connectivity index (χ3v) is 2.15. The Morgan fingerprint density at radius 3 is 3.29 bits per heavy atom. The van der Waals surface area contributed by atoms with Crippen molar-refractivity contribution in [3.05, 3.63) is 12.3 Å². The molecule has 6 nitrogen and oxygen atoms in total. The number of nitrogens with one attached hydrogen (secondary N) is 1. The minimum absolute atomic E-state index is 0.162. The summed E-state index contributed by atoms with van der Waals surface area (Å²) in [5.41, 5.74) is 0. The lowest BCUT2D eigenvalue weighted by molar-refractivity contribution is -0.140. The zero-order chi connectivity index (χ0) is 10.1. The maximum atomic E-state index is 11.4. The fourth-order valence-electron chi connectivity index (χ4n) is 1.47. The molecule has 1 aliphatic rings. The summed E-state index contributed by atoms with van der Waals surface area (Å²) >= 11 is 0. The largest absolute Gasteiger partial charge is 0.481 e. The minimum Gasteiger partial charge on any atom is -0.481 e. The molecular weight excluding hydrogens is 186 g/mol. The second-order valence-electron chi connectivity index (χ2n) is 3.18. The predicted octanol–water partition coefficient (Wildman–Crippen LogP) is -0.0739. The number of hydrogen-bond acceptors (Lipinski definition) is 3. The van der Waals surface area contributed by atoms with Crippen LogP contribution in [0, 0.1) is 5.92 Å².